The quantitative estimate of drug-likeness (QED) is 0.546. The molecule has 5 rings (SSSR count). The van der Waals surface area contributed by atoms with Gasteiger partial charge in [0.25, 0.3) is 0 Å². The normalized spacial score (nSPS) is 20.4. The third kappa shape index (κ3) is 4.50. The number of alkyl halides is 3. The molecule has 0 N–H and O–H groups in total. The van der Waals surface area contributed by atoms with Crippen LogP contribution in [-0.4, -0.2) is 76.3 Å². The average Bonchev–Trinajstić information content (AvgIpc) is 3.48. The molecule has 5 heterocycles. The number of allylic oxidation sites excluding steroid dienone is 1. The highest BCUT2D eigenvalue weighted by molar-refractivity contribution is 5.72. The van der Waals surface area contributed by atoms with E-state index in [0.717, 1.165) is 50.1 Å². The summed E-state index contributed by atoms with van der Waals surface area (Å²) >= 11 is 0. The largest absolute Gasteiger partial charge is 0.481 e. The molecule has 0 aliphatic carbocycles. The molecule has 0 amide bonds. The van der Waals surface area contributed by atoms with Crippen LogP contribution in [0.5, 0.6) is 11.8 Å². The molecule has 2 aromatic heterocycles. The maximum Gasteiger partial charge on any atom is 0.421 e. The number of fused-ring (bicyclic) bond motifs is 1. The van der Waals surface area contributed by atoms with Crippen molar-refractivity contribution in [3.63, 3.8) is 0 Å². The Labute approximate surface area is 205 Å². The Balaban J connectivity index is 1.39. The van der Waals surface area contributed by atoms with Gasteiger partial charge in [-0.2, -0.15) is 18.2 Å². The highest BCUT2D eigenvalue weighted by atomic mass is 19.4. The van der Waals surface area contributed by atoms with Gasteiger partial charge in [-0.15, -0.1) is 0 Å². The van der Waals surface area contributed by atoms with Gasteiger partial charge < -0.3 is 19.3 Å². The zero-order chi connectivity index (χ0) is 25.4. The lowest BCUT2D eigenvalue weighted by Gasteiger charge is -2.36. The maximum atomic E-state index is 13.5. The molecule has 0 saturated carbocycles. The van der Waals surface area contributed by atoms with Crippen molar-refractivity contribution >= 4 is 12.0 Å². The topological polar surface area (TPSA) is 87.2 Å². The fourth-order valence-electron chi connectivity index (χ4n) is 4.81. The Morgan fingerprint density at radius 3 is 2.75 bits per heavy atom. The minimum Gasteiger partial charge on any atom is -0.481 e. The number of halogens is 3. The van der Waals surface area contributed by atoms with Gasteiger partial charge in [-0.3, -0.25) is 9.80 Å². The van der Waals surface area contributed by atoms with E-state index in [-0.39, 0.29) is 12.8 Å². The summed E-state index contributed by atoms with van der Waals surface area (Å²) in [5.41, 5.74) is 1.48. The van der Waals surface area contributed by atoms with Crippen LogP contribution in [0.1, 0.15) is 29.7 Å². The van der Waals surface area contributed by atoms with Crippen molar-refractivity contribution in [2.45, 2.75) is 38.2 Å². The van der Waals surface area contributed by atoms with Gasteiger partial charge in [0, 0.05) is 39.2 Å². The number of carbonyl (C=O) groups excluding carboxylic acids is 1. The number of carbonyl (C=O) groups is 1. The summed E-state index contributed by atoms with van der Waals surface area (Å²) in [5.74, 6) is -0.0723. The third-order valence-electron chi connectivity index (χ3n) is 6.52. The molecule has 36 heavy (non-hydrogen) atoms. The van der Waals surface area contributed by atoms with E-state index >= 15 is 0 Å². The Hall–Kier alpha value is -3.61. The first kappa shape index (κ1) is 24.1. The molecule has 3 aliphatic heterocycles. The zero-order valence-electron chi connectivity index (χ0n) is 19.9. The van der Waals surface area contributed by atoms with Gasteiger partial charge in [-0.1, -0.05) is 0 Å². The van der Waals surface area contributed by atoms with Crippen molar-refractivity contribution < 1.29 is 27.4 Å². The molecule has 0 spiro atoms. The van der Waals surface area contributed by atoms with Crippen LogP contribution in [0.25, 0.3) is 0 Å². The summed E-state index contributed by atoms with van der Waals surface area (Å²) in [6.07, 6.45) is 2.63. The van der Waals surface area contributed by atoms with Gasteiger partial charge in [0.05, 0.1) is 36.8 Å². The highest BCUT2D eigenvalue weighted by Gasteiger charge is 2.38. The number of anilines is 1. The maximum absolute atomic E-state index is 13.5. The summed E-state index contributed by atoms with van der Waals surface area (Å²) in [4.78, 5) is 27.9. The number of methoxy groups -OCH3 is 1. The molecule has 13 heteroatoms. The molecule has 1 saturated heterocycles. The first-order valence-electron chi connectivity index (χ1n) is 11.6. The fraction of sp³-hybridized carbons (Fsp3) is 0.478. The molecule has 1 atom stereocenters. The number of rotatable bonds is 6. The van der Waals surface area contributed by atoms with Crippen LogP contribution in [0.2, 0.25) is 0 Å². The minimum absolute atomic E-state index is 0.273. The van der Waals surface area contributed by atoms with E-state index in [2.05, 4.69) is 15.0 Å². The molecule has 0 aromatic carbocycles. The number of aldehydes is 1. The van der Waals surface area contributed by atoms with Crippen LogP contribution < -0.4 is 14.4 Å². The second-order valence-corrected chi connectivity index (χ2v) is 8.87. The predicted octanol–water partition coefficient (Wildman–Crippen LogP) is 2.42. The second kappa shape index (κ2) is 9.45. The van der Waals surface area contributed by atoms with Gasteiger partial charge in [0.2, 0.25) is 11.8 Å². The number of hydrogen-bond acceptors (Lipinski definition) is 10. The molecular formula is C23H26F3N7O3. The van der Waals surface area contributed by atoms with Crippen LogP contribution in [0, 0.1) is 0 Å². The molecular weight excluding hydrogens is 479 g/mol. The van der Waals surface area contributed by atoms with E-state index in [4.69, 9.17) is 9.47 Å². The van der Waals surface area contributed by atoms with Crippen LogP contribution >= 0.6 is 0 Å². The number of pyridine rings is 1. The smallest absolute Gasteiger partial charge is 0.421 e. The molecule has 1 fully saturated rings. The van der Waals surface area contributed by atoms with Gasteiger partial charge in [-0.25, -0.2) is 15.0 Å². The van der Waals surface area contributed by atoms with Crippen molar-refractivity contribution in [2.24, 2.45) is 0 Å². The van der Waals surface area contributed by atoms with Crippen molar-refractivity contribution in [1.29, 1.82) is 0 Å². The number of hydrazine groups is 1. The Morgan fingerprint density at radius 2 is 2.00 bits per heavy atom. The van der Waals surface area contributed by atoms with E-state index in [9.17, 15) is 18.0 Å². The van der Waals surface area contributed by atoms with Gasteiger partial charge in [0.15, 0.2) is 12.5 Å². The van der Waals surface area contributed by atoms with E-state index in [1.165, 1.54) is 12.5 Å². The van der Waals surface area contributed by atoms with Crippen molar-refractivity contribution in [3.05, 3.63) is 47.3 Å². The lowest BCUT2D eigenvalue weighted by molar-refractivity contribution is -0.139. The number of hydrogen-bond donors (Lipinski definition) is 0. The molecule has 2 aromatic rings. The highest BCUT2D eigenvalue weighted by Crippen LogP contribution is 2.38. The molecule has 10 nitrogen and oxygen atoms in total. The van der Waals surface area contributed by atoms with Crippen molar-refractivity contribution in [1.82, 2.24) is 29.9 Å². The lowest BCUT2D eigenvalue weighted by Crippen LogP contribution is -2.47. The zero-order valence-corrected chi connectivity index (χ0v) is 19.9. The Morgan fingerprint density at radius 1 is 1.17 bits per heavy atom. The Bertz CT molecular complexity index is 1180. The molecule has 3 aliphatic rings. The molecule has 0 bridgehead atoms. The van der Waals surface area contributed by atoms with Crippen molar-refractivity contribution in [3.8, 4) is 11.8 Å². The summed E-state index contributed by atoms with van der Waals surface area (Å²) in [5, 5.41) is 3.91. The van der Waals surface area contributed by atoms with E-state index in [0.29, 0.717) is 36.9 Å². The third-order valence-corrected chi connectivity index (χ3v) is 6.52. The second-order valence-electron chi connectivity index (χ2n) is 8.87. The average molecular weight is 506 g/mol. The first-order chi connectivity index (χ1) is 17.3. The summed E-state index contributed by atoms with van der Waals surface area (Å²) < 4.78 is 51.8. The van der Waals surface area contributed by atoms with Crippen molar-refractivity contribution in [2.75, 3.05) is 38.8 Å². The van der Waals surface area contributed by atoms with Gasteiger partial charge >= 0.3 is 6.18 Å². The van der Waals surface area contributed by atoms with Crippen LogP contribution in [-0.2, 0) is 23.9 Å². The van der Waals surface area contributed by atoms with Crippen LogP contribution in [0.15, 0.2) is 30.5 Å². The first-order valence-corrected chi connectivity index (χ1v) is 11.6. The van der Waals surface area contributed by atoms with Crippen LogP contribution in [0.4, 0.5) is 18.9 Å². The summed E-state index contributed by atoms with van der Waals surface area (Å²) in [6.45, 7) is 2.00. The van der Waals surface area contributed by atoms with Gasteiger partial charge in [-0.05, 0) is 12.5 Å². The van der Waals surface area contributed by atoms with E-state index < -0.39 is 17.6 Å². The minimum atomic E-state index is -4.59. The SMILES string of the molecule is COc1ncc(N2CCc3ncnc(OC4CCCN4N4CN(C)C=C4C=O)c3C2)cc1C(F)(F)F. The summed E-state index contributed by atoms with van der Waals surface area (Å²) in [6, 6.07) is 1.05. The Kier molecular flexibility index (Phi) is 6.33. The number of ether oxygens (including phenoxy) is 2. The fourth-order valence-corrected chi connectivity index (χ4v) is 4.81. The summed E-state index contributed by atoms with van der Waals surface area (Å²) in [7, 11) is 3.05. The molecule has 0 radical (unpaired) electrons. The molecule has 192 valence electrons. The van der Waals surface area contributed by atoms with E-state index in [1.54, 1.807) is 11.1 Å². The van der Waals surface area contributed by atoms with E-state index in [1.807, 2.05) is 22.0 Å². The van der Waals surface area contributed by atoms with Gasteiger partial charge in [0.1, 0.15) is 24.3 Å². The number of nitrogens with zero attached hydrogens (tertiary/aromatic N) is 7. The predicted molar refractivity (Wildman–Crippen MR) is 122 cm³/mol. The molecule has 1 unspecified atom stereocenters. The lowest BCUT2D eigenvalue weighted by atomic mass is 10.1. The van der Waals surface area contributed by atoms with Crippen LogP contribution in [0.3, 0.4) is 0 Å². The standard InChI is InChI=1S/C23H26F3N7O3/c1-30-10-16(12-34)33(14-30)32-6-3-4-20(32)36-21-17-11-31(7-5-19(17)28-13-29-21)15-8-18(23(24,25)26)22(35-2)27-9-15/h8-10,12-13,20H,3-7,11,14H2,1-2H3. The monoisotopic (exact) mass is 505 g/mol. The number of aromatic nitrogens is 3.